The van der Waals surface area contributed by atoms with E-state index in [1.807, 2.05) is 19.1 Å². The SMILES string of the molecule is CCC(C(=O)N1CC=CCC1)N1C(=O)c2ccccc2C1=O. The third kappa shape index (κ3) is 2.22. The second-order valence-corrected chi connectivity index (χ2v) is 5.49. The maximum absolute atomic E-state index is 12.7. The Morgan fingerprint density at radius 2 is 1.77 bits per heavy atom. The smallest absolute Gasteiger partial charge is 0.262 e. The van der Waals surface area contributed by atoms with Crippen molar-refractivity contribution in [1.82, 2.24) is 9.80 Å². The normalized spacial score (nSPS) is 18.6. The zero-order valence-corrected chi connectivity index (χ0v) is 12.5. The Labute approximate surface area is 129 Å². The van der Waals surface area contributed by atoms with Crippen molar-refractivity contribution in [3.63, 3.8) is 0 Å². The van der Waals surface area contributed by atoms with E-state index >= 15 is 0 Å². The first-order valence-electron chi connectivity index (χ1n) is 7.56. The van der Waals surface area contributed by atoms with Crippen molar-refractivity contribution in [3.05, 3.63) is 47.5 Å². The average molecular weight is 298 g/mol. The number of carbonyl (C=O) groups is 3. The van der Waals surface area contributed by atoms with Crippen LogP contribution in [0.25, 0.3) is 0 Å². The first kappa shape index (κ1) is 14.5. The van der Waals surface area contributed by atoms with Crippen LogP contribution in [0.3, 0.4) is 0 Å². The van der Waals surface area contributed by atoms with Gasteiger partial charge in [0.1, 0.15) is 6.04 Å². The fraction of sp³-hybridized carbons (Fsp3) is 0.353. The lowest BCUT2D eigenvalue weighted by Gasteiger charge is -2.31. The second-order valence-electron chi connectivity index (χ2n) is 5.49. The van der Waals surface area contributed by atoms with Crippen LogP contribution in [0.4, 0.5) is 0 Å². The van der Waals surface area contributed by atoms with Crippen molar-refractivity contribution in [1.29, 1.82) is 0 Å². The highest BCUT2D eigenvalue weighted by molar-refractivity contribution is 6.22. The van der Waals surface area contributed by atoms with Gasteiger partial charge in [0.05, 0.1) is 11.1 Å². The Balaban J connectivity index is 1.89. The summed E-state index contributed by atoms with van der Waals surface area (Å²) in [6, 6.07) is 6.00. The van der Waals surface area contributed by atoms with E-state index in [4.69, 9.17) is 0 Å². The molecule has 3 rings (SSSR count). The van der Waals surface area contributed by atoms with Gasteiger partial charge in [0, 0.05) is 13.1 Å². The zero-order chi connectivity index (χ0) is 15.7. The summed E-state index contributed by atoms with van der Waals surface area (Å²) in [4.78, 5) is 40.6. The molecule has 0 saturated heterocycles. The number of hydrogen-bond acceptors (Lipinski definition) is 3. The molecular weight excluding hydrogens is 280 g/mol. The molecular formula is C17H18N2O3. The molecule has 22 heavy (non-hydrogen) atoms. The lowest BCUT2D eigenvalue weighted by Crippen LogP contribution is -2.51. The van der Waals surface area contributed by atoms with Crippen LogP contribution in [0.1, 0.15) is 40.5 Å². The molecule has 0 fully saturated rings. The molecule has 1 aromatic rings. The minimum absolute atomic E-state index is 0.152. The minimum Gasteiger partial charge on any atom is -0.337 e. The summed E-state index contributed by atoms with van der Waals surface area (Å²) in [7, 11) is 0. The molecule has 1 unspecified atom stereocenters. The number of nitrogens with zero attached hydrogens (tertiary/aromatic N) is 2. The number of amides is 3. The molecule has 0 radical (unpaired) electrons. The quantitative estimate of drug-likeness (QED) is 0.632. The van der Waals surface area contributed by atoms with Crippen LogP contribution < -0.4 is 0 Å². The van der Waals surface area contributed by atoms with Crippen LogP contribution >= 0.6 is 0 Å². The third-order valence-corrected chi connectivity index (χ3v) is 4.18. The van der Waals surface area contributed by atoms with E-state index in [1.165, 1.54) is 0 Å². The molecule has 114 valence electrons. The summed E-state index contributed by atoms with van der Waals surface area (Å²) in [6.45, 7) is 3.00. The fourth-order valence-electron chi connectivity index (χ4n) is 3.01. The first-order valence-corrected chi connectivity index (χ1v) is 7.56. The third-order valence-electron chi connectivity index (χ3n) is 4.18. The van der Waals surface area contributed by atoms with Crippen molar-refractivity contribution >= 4 is 17.7 Å². The summed E-state index contributed by atoms with van der Waals surface area (Å²) < 4.78 is 0. The van der Waals surface area contributed by atoms with Gasteiger partial charge in [0.2, 0.25) is 5.91 Å². The summed E-state index contributed by atoms with van der Waals surface area (Å²) in [5.74, 6) is -0.886. The van der Waals surface area contributed by atoms with Crippen molar-refractivity contribution < 1.29 is 14.4 Å². The molecule has 0 aromatic heterocycles. The molecule has 5 nitrogen and oxygen atoms in total. The highest BCUT2D eigenvalue weighted by atomic mass is 16.2. The Morgan fingerprint density at radius 3 is 2.27 bits per heavy atom. The molecule has 2 heterocycles. The van der Waals surface area contributed by atoms with Gasteiger partial charge >= 0.3 is 0 Å². The zero-order valence-electron chi connectivity index (χ0n) is 12.5. The topological polar surface area (TPSA) is 57.7 Å². The van der Waals surface area contributed by atoms with Gasteiger partial charge in [-0.05, 0) is 25.0 Å². The van der Waals surface area contributed by atoms with Crippen molar-refractivity contribution in [3.8, 4) is 0 Å². The van der Waals surface area contributed by atoms with Gasteiger partial charge in [-0.2, -0.15) is 0 Å². The Bertz CT molecular complexity index is 631. The van der Waals surface area contributed by atoms with Crippen LogP contribution in [-0.4, -0.2) is 46.7 Å². The van der Waals surface area contributed by atoms with Gasteiger partial charge in [0.25, 0.3) is 11.8 Å². The monoisotopic (exact) mass is 298 g/mol. The van der Waals surface area contributed by atoms with Crippen molar-refractivity contribution in [2.24, 2.45) is 0 Å². The van der Waals surface area contributed by atoms with Gasteiger partial charge in [-0.25, -0.2) is 0 Å². The predicted molar refractivity (Wildman–Crippen MR) is 81.4 cm³/mol. The largest absolute Gasteiger partial charge is 0.337 e. The van der Waals surface area contributed by atoms with Crippen molar-refractivity contribution in [2.45, 2.75) is 25.8 Å². The summed E-state index contributed by atoms with van der Waals surface area (Å²) in [5.41, 5.74) is 0.773. The van der Waals surface area contributed by atoms with Gasteiger partial charge in [-0.15, -0.1) is 0 Å². The van der Waals surface area contributed by atoms with Crippen molar-refractivity contribution in [2.75, 3.05) is 13.1 Å². The van der Waals surface area contributed by atoms with Gasteiger partial charge in [0.15, 0.2) is 0 Å². The van der Waals surface area contributed by atoms with E-state index in [2.05, 4.69) is 0 Å². The highest BCUT2D eigenvalue weighted by Gasteiger charge is 2.42. The number of carbonyl (C=O) groups excluding carboxylic acids is 3. The molecule has 0 N–H and O–H groups in total. The molecule has 0 bridgehead atoms. The van der Waals surface area contributed by atoms with Gasteiger partial charge < -0.3 is 4.90 Å². The highest BCUT2D eigenvalue weighted by Crippen LogP contribution is 2.26. The number of benzene rings is 1. The Kier molecular flexibility index (Phi) is 3.79. The number of fused-ring (bicyclic) bond motifs is 1. The molecule has 5 heteroatoms. The molecule has 0 aliphatic carbocycles. The van der Waals surface area contributed by atoms with E-state index in [-0.39, 0.29) is 17.7 Å². The first-order chi connectivity index (χ1) is 10.6. The van der Waals surface area contributed by atoms with Crippen LogP contribution in [0, 0.1) is 0 Å². The molecule has 3 amide bonds. The van der Waals surface area contributed by atoms with Crippen LogP contribution in [0.15, 0.2) is 36.4 Å². The van der Waals surface area contributed by atoms with Gasteiger partial charge in [-0.3, -0.25) is 19.3 Å². The van der Waals surface area contributed by atoms with E-state index in [1.54, 1.807) is 29.2 Å². The summed E-state index contributed by atoms with van der Waals surface area (Å²) in [6.07, 6.45) is 5.21. The predicted octanol–water partition coefficient (Wildman–Crippen LogP) is 1.85. The lowest BCUT2D eigenvalue weighted by atomic mass is 10.1. The Morgan fingerprint density at radius 1 is 1.14 bits per heavy atom. The molecule has 1 aromatic carbocycles. The van der Waals surface area contributed by atoms with E-state index in [9.17, 15) is 14.4 Å². The van der Waals surface area contributed by atoms with Crippen LogP contribution in [-0.2, 0) is 4.79 Å². The van der Waals surface area contributed by atoms with E-state index < -0.39 is 6.04 Å². The molecule has 2 aliphatic heterocycles. The number of imide groups is 1. The standard InChI is InChI=1S/C17H18N2O3/c1-2-14(17(22)18-10-6-3-7-11-18)19-15(20)12-8-4-5-9-13(12)16(19)21/h3-6,8-9,14H,2,7,10-11H2,1H3. The minimum atomic E-state index is -0.723. The van der Waals surface area contributed by atoms with Gasteiger partial charge in [-0.1, -0.05) is 31.2 Å². The summed E-state index contributed by atoms with van der Waals surface area (Å²) in [5, 5.41) is 0. The molecule has 1 atom stereocenters. The maximum atomic E-state index is 12.7. The second kappa shape index (κ2) is 5.75. The lowest BCUT2D eigenvalue weighted by molar-refractivity contribution is -0.135. The number of rotatable bonds is 3. The maximum Gasteiger partial charge on any atom is 0.262 e. The average Bonchev–Trinajstić information content (AvgIpc) is 2.82. The van der Waals surface area contributed by atoms with E-state index in [0.29, 0.717) is 30.6 Å². The van der Waals surface area contributed by atoms with E-state index in [0.717, 1.165) is 11.3 Å². The molecule has 2 aliphatic rings. The summed E-state index contributed by atoms with van der Waals surface area (Å²) >= 11 is 0. The Hall–Kier alpha value is -2.43. The van der Waals surface area contributed by atoms with Crippen LogP contribution in [0.2, 0.25) is 0 Å². The molecule has 0 saturated carbocycles. The van der Waals surface area contributed by atoms with Crippen LogP contribution in [0.5, 0.6) is 0 Å². The fourth-order valence-corrected chi connectivity index (χ4v) is 3.01. The molecule has 0 spiro atoms. The number of hydrogen-bond donors (Lipinski definition) is 0.